The molecule has 1 aliphatic rings. The van der Waals surface area contributed by atoms with Crippen LogP contribution in [0.15, 0.2) is 24.3 Å². The normalized spacial score (nSPS) is 18.0. The molecule has 1 heterocycles. The number of para-hydroxylation sites is 2. The van der Waals surface area contributed by atoms with E-state index in [1.807, 2.05) is 24.3 Å². The minimum atomic E-state index is -0.0609. The van der Waals surface area contributed by atoms with E-state index < -0.39 is 0 Å². The minimum absolute atomic E-state index is 0.0609. The lowest BCUT2D eigenvalue weighted by Crippen LogP contribution is -2.42. The van der Waals surface area contributed by atoms with Crippen LogP contribution in [0.3, 0.4) is 0 Å². The molecule has 0 unspecified atom stereocenters. The summed E-state index contributed by atoms with van der Waals surface area (Å²) in [7, 11) is 5.50. The largest absolute Gasteiger partial charge is 0.493 e. The van der Waals surface area contributed by atoms with Crippen molar-refractivity contribution in [1.82, 2.24) is 15.1 Å². The van der Waals surface area contributed by atoms with Gasteiger partial charge in [-0.2, -0.15) is 0 Å². The third-order valence-electron chi connectivity index (χ3n) is 4.39. The van der Waals surface area contributed by atoms with Crippen molar-refractivity contribution >= 4 is 6.03 Å². The fourth-order valence-corrected chi connectivity index (χ4v) is 2.87. The molecule has 26 heavy (non-hydrogen) atoms. The first-order valence-corrected chi connectivity index (χ1v) is 9.11. The number of amides is 2. The van der Waals surface area contributed by atoms with E-state index in [9.17, 15) is 4.79 Å². The minimum Gasteiger partial charge on any atom is -0.493 e. The highest BCUT2D eigenvalue weighted by molar-refractivity contribution is 5.73. The monoisotopic (exact) mass is 365 g/mol. The van der Waals surface area contributed by atoms with Gasteiger partial charge in [-0.25, -0.2) is 4.79 Å². The SMILES string of the molecule is COc1ccccc1OCCCN(C)C(=O)NC[C@H]1COCCN(C)C1. The first kappa shape index (κ1) is 20.3. The van der Waals surface area contributed by atoms with Crippen LogP contribution >= 0.6 is 0 Å². The van der Waals surface area contributed by atoms with Gasteiger partial charge in [0.15, 0.2) is 11.5 Å². The molecule has 0 radical (unpaired) electrons. The second kappa shape index (κ2) is 10.9. The van der Waals surface area contributed by atoms with E-state index in [1.54, 1.807) is 19.1 Å². The van der Waals surface area contributed by atoms with E-state index in [0.29, 0.717) is 38.0 Å². The number of nitrogens with zero attached hydrogens (tertiary/aromatic N) is 2. The van der Waals surface area contributed by atoms with Gasteiger partial charge in [-0.3, -0.25) is 0 Å². The molecule has 0 aromatic heterocycles. The fraction of sp³-hybridized carbons (Fsp3) is 0.632. The molecule has 0 saturated carbocycles. The quantitative estimate of drug-likeness (QED) is 0.710. The molecule has 1 fully saturated rings. The summed E-state index contributed by atoms with van der Waals surface area (Å²) in [5.41, 5.74) is 0. The van der Waals surface area contributed by atoms with Gasteiger partial charge in [0.1, 0.15) is 0 Å². The number of hydrogen-bond donors (Lipinski definition) is 1. The maximum absolute atomic E-state index is 12.2. The molecule has 7 nitrogen and oxygen atoms in total. The molecule has 146 valence electrons. The summed E-state index contributed by atoms with van der Waals surface area (Å²) in [4.78, 5) is 16.1. The van der Waals surface area contributed by atoms with Crippen molar-refractivity contribution in [3.8, 4) is 11.5 Å². The first-order valence-electron chi connectivity index (χ1n) is 9.11. The predicted molar refractivity (Wildman–Crippen MR) is 101 cm³/mol. The van der Waals surface area contributed by atoms with E-state index in [4.69, 9.17) is 14.2 Å². The molecule has 0 aliphatic carbocycles. The van der Waals surface area contributed by atoms with Crippen molar-refractivity contribution in [1.29, 1.82) is 0 Å². The average Bonchev–Trinajstić information content (AvgIpc) is 2.87. The molecule has 1 aromatic rings. The molecular weight excluding hydrogens is 334 g/mol. The zero-order chi connectivity index (χ0) is 18.8. The number of likely N-dealkylation sites (N-methyl/N-ethyl adjacent to an activating group) is 1. The summed E-state index contributed by atoms with van der Waals surface area (Å²) in [6.07, 6.45) is 0.747. The summed E-state index contributed by atoms with van der Waals surface area (Å²) < 4.78 is 16.6. The highest BCUT2D eigenvalue weighted by atomic mass is 16.5. The van der Waals surface area contributed by atoms with E-state index in [1.165, 1.54) is 0 Å². The van der Waals surface area contributed by atoms with E-state index in [-0.39, 0.29) is 6.03 Å². The van der Waals surface area contributed by atoms with Gasteiger partial charge in [0.05, 0.1) is 26.9 Å². The number of rotatable bonds is 8. The summed E-state index contributed by atoms with van der Waals surface area (Å²) in [5, 5.41) is 3.00. The van der Waals surface area contributed by atoms with Gasteiger partial charge in [0.2, 0.25) is 0 Å². The van der Waals surface area contributed by atoms with E-state index >= 15 is 0 Å². The number of benzene rings is 1. The van der Waals surface area contributed by atoms with Crippen LogP contribution in [0.4, 0.5) is 4.79 Å². The Balaban J connectivity index is 1.64. The number of nitrogens with one attached hydrogen (secondary N) is 1. The van der Waals surface area contributed by atoms with Gasteiger partial charge < -0.3 is 29.3 Å². The smallest absolute Gasteiger partial charge is 0.317 e. The number of carbonyl (C=O) groups is 1. The predicted octanol–water partition coefficient (Wildman–Crippen LogP) is 1.68. The van der Waals surface area contributed by atoms with Crippen molar-refractivity contribution in [3.05, 3.63) is 24.3 Å². The van der Waals surface area contributed by atoms with Crippen LogP contribution < -0.4 is 14.8 Å². The second-order valence-corrected chi connectivity index (χ2v) is 6.66. The van der Waals surface area contributed by atoms with Crippen LogP contribution in [0.5, 0.6) is 11.5 Å². The van der Waals surface area contributed by atoms with Crippen LogP contribution in [-0.2, 0) is 4.74 Å². The lowest BCUT2D eigenvalue weighted by atomic mass is 10.1. The molecule has 7 heteroatoms. The van der Waals surface area contributed by atoms with Crippen LogP contribution in [0.1, 0.15) is 6.42 Å². The Kier molecular flexibility index (Phi) is 8.50. The molecule has 2 amide bonds. The Labute approximate surface area is 156 Å². The van der Waals surface area contributed by atoms with Gasteiger partial charge in [-0.1, -0.05) is 12.1 Å². The van der Waals surface area contributed by atoms with E-state index in [2.05, 4.69) is 17.3 Å². The molecule has 2 rings (SSSR count). The van der Waals surface area contributed by atoms with E-state index in [0.717, 1.165) is 31.9 Å². The van der Waals surface area contributed by atoms with Crippen molar-refractivity contribution in [2.75, 3.05) is 67.2 Å². The summed E-state index contributed by atoms with van der Waals surface area (Å²) >= 11 is 0. The molecule has 0 bridgehead atoms. The van der Waals surface area contributed by atoms with Gasteiger partial charge in [-0.15, -0.1) is 0 Å². The molecule has 0 spiro atoms. The molecule has 1 aliphatic heterocycles. The Morgan fingerprint density at radius 3 is 2.92 bits per heavy atom. The standard InChI is InChI=1S/C19H31N3O4/c1-21-10-12-25-15-16(14-21)13-20-19(23)22(2)9-6-11-26-18-8-5-4-7-17(18)24-3/h4-5,7-8,16H,6,9-15H2,1-3H3,(H,20,23)/t16-/m1/s1. The van der Waals surface area contributed by atoms with Gasteiger partial charge in [0, 0.05) is 39.1 Å². The van der Waals surface area contributed by atoms with Crippen LogP contribution in [0.2, 0.25) is 0 Å². The summed E-state index contributed by atoms with van der Waals surface area (Å²) in [6, 6.07) is 7.49. The highest BCUT2D eigenvalue weighted by Gasteiger charge is 2.17. The molecule has 1 aromatic carbocycles. The Morgan fingerprint density at radius 1 is 1.38 bits per heavy atom. The fourth-order valence-electron chi connectivity index (χ4n) is 2.87. The number of hydrogen-bond acceptors (Lipinski definition) is 5. The topological polar surface area (TPSA) is 63.3 Å². The van der Waals surface area contributed by atoms with Crippen LogP contribution in [0.25, 0.3) is 0 Å². The van der Waals surface area contributed by atoms with Gasteiger partial charge in [-0.05, 0) is 25.6 Å². The number of methoxy groups -OCH3 is 1. The maximum Gasteiger partial charge on any atom is 0.317 e. The van der Waals surface area contributed by atoms with Crippen molar-refractivity contribution in [3.63, 3.8) is 0 Å². The molecule has 1 N–H and O–H groups in total. The third-order valence-corrected chi connectivity index (χ3v) is 4.39. The first-order chi connectivity index (χ1) is 12.6. The number of carbonyl (C=O) groups excluding carboxylic acids is 1. The van der Waals surface area contributed by atoms with Crippen molar-refractivity contribution in [2.24, 2.45) is 5.92 Å². The third kappa shape index (κ3) is 6.72. The number of urea groups is 1. The van der Waals surface area contributed by atoms with Crippen molar-refractivity contribution < 1.29 is 19.0 Å². The summed E-state index contributed by atoms with van der Waals surface area (Å²) in [6.45, 7) is 5.12. The van der Waals surface area contributed by atoms with Gasteiger partial charge in [0.25, 0.3) is 0 Å². The maximum atomic E-state index is 12.2. The van der Waals surface area contributed by atoms with Crippen molar-refractivity contribution in [2.45, 2.75) is 6.42 Å². The zero-order valence-corrected chi connectivity index (χ0v) is 16.1. The molecular formula is C19H31N3O4. The Morgan fingerprint density at radius 2 is 2.15 bits per heavy atom. The Hall–Kier alpha value is -1.99. The van der Waals surface area contributed by atoms with Crippen LogP contribution in [-0.4, -0.2) is 83.0 Å². The van der Waals surface area contributed by atoms with Crippen LogP contribution in [0, 0.1) is 5.92 Å². The summed E-state index contributed by atoms with van der Waals surface area (Å²) in [5.74, 6) is 1.77. The number of ether oxygens (including phenoxy) is 3. The second-order valence-electron chi connectivity index (χ2n) is 6.66. The molecule has 1 saturated heterocycles. The Bertz CT molecular complexity index is 555. The zero-order valence-electron chi connectivity index (χ0n) is 16.1. The highest BCUT2D eigenvalue weighted by Crippen LogP contribution is 2.25. The van der Waals surface area contributed by atoms with Gasteiger partial charge >= 0.3 is 6.03 Å². The lowest BCUT2D eigenvalue weighted by Gasteiger charge is -2.22. The lowest BCUT2D eigenvalue weighted by molar-refractivity contribution is 0.121. The molecule has 1 atom stereocenters. The average molecular weight is 365 g/mol.